The highest BCUT2D eigenvalue weighted by atomic mass is 15.0. The Kier molecular flexibility index (Phi) is 5.47. The average molecular weight is 400 g/mol. The van der Waals surface area contributed by atoms with Crippen molar-refractivity contribution in [3.8, 4) is 23.3 Å². The number of fused-ring (bicyclic) bond motifs is 1. The maximum atomic E-state index is 8.98. The molecule has 1 N–H and O–H groups in total. The van der Waals surface area contributed by atoms with Crippen molar-refractivity contribution in [3.05, 3.63) is 95.2 Å². The van der Waals surface area contributed by atoms with Gasteiger partial charge in [0, 0.05) is 23.3 Å². The molecule has 0 aliphatic rings. The van der Waals surface area contributed by atoms with E-state index in [1.165, 1.54) is 11.6 Å². The molecular formula is C27H20N4. The van der Waals surface area contributed by atoms with E-state index in [1.807, 2.05) is 30.5 Å². The van der Waals surface area contributed by atoms with Crippen molar-refractivity contribution in [2.75, 3.05) is 5.32 Å². The maximum Gasteiger partial charge on any atom is 0.130 e. The van der Waals surface area contributed by atoms with Crippen LogP contribution in [0.3, 0.4) is 0 Å². The molecule has 4 heteroatoms. The number of allylic oxidation sites excluding steroid dienone is 1. The van der Waals surface area contributed by atoms with Crippen LogP contribution in [0.4, 0.5) is 11.5 Å². The maximum absolute atomic E-state index is 8.98. The Morgan fingerprint density at radius 1 is 0.935 bits per heavy atom. The van der Waals surface area contributed by atoms with Crippen LogP contribution in [0.1, 0.15) is 22.3 Å². The monoisotopic (exact) mass is 400 g/mol. The SMILES string of the molecule is Cc1cc(/C=C/C#N)cc(C)c1-c1cccc2cnc(Nc3ccc(C#N)cc3)cc12. The molecule has 0 saturated heterocycles. The van der Waals surface area contributed by atoms with E-state index in [9.17, 15) is 0 Å². The smallest absolute Gasteiger partial charge is 0.130 e. The summed E-state index contributed by atoms with van der Waals surface area (Å²) >= 11 is 0. The van der Waals surface area contributed by atoms with Crippen LogP contribution in [0.25, 0.3) is 28.0 Å². The van der Waals surface area contributed by atoms with Crippen molar-refractivity contribution in [2.45, 2.75) is 13.8 Å². The lowest BCUT2D eigenvalue weighted by atomic mass is 9.90. The zero-order valence-electron chi connectivity index (χ0n) is 17.3. The third-order valence-electron chi connectivity index (χ3n) is 5.22. The van der Waals surface area contributed by atoms with E-state index in [-0.39, 0.29) is 0 Å². The first-order valence-corrected chi connectivity index (χ1v) is 9.93. The van der Waals surface area contributed by atoms with Gasteiger partial charge in [0.05, 0.1) is 17.7 Å². The minimum absolute atomic E-state index is 0.623. The summed E-state index contributed by atoms with van der Waals surface area (Å²) in [4.78, 5) is 4.56. The zero-order chi connectivity index (χ0) is 21.8. The van der Waals surface area contributed by atoms with Gasteiger partial charge < -0.3 is 5.32 Å². The van der Waals surface area contributed by atoms with Crippen LogP contribution in [-0.4, -0.2) is 4.98 Å². The zero-order valence-corrected chi connectivity index (χ0v) is 17.3. The summed E-state index contributed by atoms with van der Waals surface area (Å²) in [6.45, 7) is 4.20. The average Bonchev–Trinajstić information content (AvgIpc) is 2.78. The van der Waals surface area contributed by atoms with Gasteiger partial charge in [-0.05, 0) is 83.5 Å². The first kappa shape index (κ1) is 19.9. The first-order chi connectivity index (χ1) is 15.1. The van der Waals surface area contributed by atoms with Crippen LogP contribution in [0, 0.1) is 36.5 Å². The Bertz CT molecular complexity index is 1360. The highest BCUT2D eigenvalue weighted by molar-refractivity contribution is 5.99. The van der Waals surface area contributed by atoms with Crippen molar-refractivity contribution < 1.29 is 0 Å². The number of benzene rings is 3. The molecule has 0 fully saturated rings. The van der Waals surface area contributed by atoms with Crippen LogP contribution in [-0.2, 0) is 0 Å². The number of nitrogens with one attached hydrogen (secondary N) is 1. The van der Waals surface area contributed by atoms with Gasteiger partial charge >= 0.3 is 0 Å². The number of nitriles is 2. The molecule has 4 aromatic rings. The summed E-state index contributed by atoms with van der Waals surface area (Å²) in [7, 11) is 0. The molecular weight excluding hydrogens is 380 g/mol. The second-order valence-electron chi connectivity index (χ2n) is 7.40. The molecule has 0 radical (unpaired) electrons. The molecule has 4 nitrogen and oxygen atoms in total. The lowest BCUT2D eigenvalue weighted by Gasteiger charge is -2.15. The van der Waals surface area contributed by atoms with Crippen molar-refractivity contribution in [1.82, 2.24) is 4.98 Å². The highest BCUT2D eigenvalue weighted by Gasteiger charge is 2.11. The van der Waals surface area contributed by atoms with Crippen LogP contribution in [0.15, 0.2) is 72.9 Å². The molecule has 31 heavy (non-hydrogen) atoms. The van der Waals surface area contributed by atoms with Gasteiger partial charge in [0.2, 0.25) is 0 Å². The minimum Gasteiger partial charge on any atom is -0.340 e. The topological polar surface area (TPSA) is 72.5 Å². The molecule has 0 unspecified atom stereocenters. The van der Waals surface area contributed by atoms with Gasteiger partial charge in [0.25, 0.3) is 0 Å². The molecule has 0 bridgehead atoms. The third kappa shape index (κ3) is 4.15. The van der Waals surface area contributed by atoms with E-state index in [0.29, 0.717) is 5.56 Å². The van der Waals surface area contributed by atoms with Crippen LogP contribution < -0.4 is 5.32 Å². The highest BCUT2D eigenvalue weighted by Crippen LogP contribution is 2.35. The summed E-state index contributed by atoms with van der Waals surface area (Å²) < 4.78 is 0. The standard InChI is InChI=1S/C27H20N4/c1-18-13-21(5-4-12-28)14-19(2)27(18)24-7-3-6-22-17-30-26(15-25(22)24)31-23-10-8-20(16-29)9-11-23/h3-11,13-15,17H,1-2H3,(H,30,31)/b5-4+. The Hall–Kier alpha value is -4.41. The van der Waals surface area contributed by atoms with Gasteiger partial charge in [-0.1, -0.05) is 30.3 Å². The fourth-order valence-electron chi connectivity index (χ4n) is 3.88. The minimum atomic E-state index is 0.623. The molecule has 0 spiro atoms. The largest absolute Gasteiger partial charge is 0.340 e. The number of rotatable bonds is 4. The van der Waals surface area contributed by atoms with E-state index in [2.05, 4.69) is 66.6 Å². The molecule has 0 amide bonds. The van der Waals surface area contributed by atoms with E-state index < -0.39 is 0 Å². The fraction of sp³-hybridized carbons (Fsp3) is 0.0741. The lowest BCUT2D eigenvalue weighted by molar-refractivity contribution is 1.33. The van der Waals surface area contributed by atoms with Gasteiger partial charge in [0.15, 0.2) is 0 Å². The van der Waals surface area contributed by atoms with E-state index in [4.69, 9.17) is 10.5 Å². The van der Waals surface area contributed by atoms with Gasteiger partial charge in [-0.3, -0.25) is 0 Å². The molecule has 1 heterocycles. The molecule has 0 atom stereocenters. The van der Waals surface area contributed by atoms with Crippen molar-refractivity contribution in [2.24, 2.45) is 0 Å². The molecule has 148 valence electrons. The number of pyridine rings is 1. The normalized spacial score (nSPS) is 10.7. The van der Waals surface area contributed by atoms with Gasteiger partial charge in [-0.25, -0.2) is 4.98 Å². The molecule has 1 aromatic heterocycles. The Morgan fingerprint density at radius 3 is 2.35 bits per heavy atom. The predicted molar refractivity (Wildman–Crippen MR) is 126 cm³/mol. The summed E-state index contributed by atoms with van der Waals surface area (Å²) in [6, 6.07) is 24.0. The van der Waals surface area contributed by atoms with E-state index in [0.717, 1.165) is 44.5 Å². The predicted octanol–water partition coefficient (Wildman–Crippen LogP) is 6.67. The quantitative estimate of drug-likeness (QED) is 0.388. The van der Waals surface area contributed by atoms with Gasteiger partial charge in [0.1, 0.15) is 5.82 Å². The third-order valence-corrected chi connectivity index (χ3v) is 5.22. The second kappa shape index (κ2) is 8.53. The van der Waals surface area contributed by atoms with Crippen LogP contribution in [0.2, 0.25) is 0 Å². The number of hydrogen-bond acceptors (Lipinski definition) is 4. The fourth-order valence-corrected chi connectivity index (χ4v) is 3.88. The molecule has 0 aliphatic heterocycles. The Morgan fingerprint density at radius 2 is 1.68 bits per heavy atom. The van der Waals surface area contributed by atoms with Crippen LogP contribution >= 0.6 is 0 Å². The van der Waals surface area contributed by atoms with E-state index in [1.54, 1.807) is 12.1 Å². The van der Waals surface area contributed by atoms with Crippen molar-refractivity contribution >= 4 is 28.4 Å². The van der Waals surface area contributed by atoms with Crippen molar-refractivity contribution in [3.63, 3.8) is 0 Å². The molecule has 0 saturated carbocycles. The van der Waals surface area contributed by atoms with Gasteiger partial charge in [-0.15, -0.1) is 0 Å². The number of anilines is 2. The Balaban J connectivity index is 1.78. The van der Waals surface area contributed by atoms with E-state index >= 15 is 0 Å². The number of aromatic nitrogens is 1. The second-order valence-corrected chi connectivity index (χ2v) is 7.40. The summed E-state index contributed by atoms with van der Waals surface area (Å²) in [6.07, 6.45) is 5.20. The van der Waals surface area contributed by atoms with Gasteiger partial charge in [-0.2, -0.15) is 10.5 Å². The molecule has 4 rings (SSSR count). The summed E-state index contributed by atoms with van der Waals surface area (Å²) in [5.74, 6) is 0.744. The van der Waals surface area contributed by atoms with Crippen LogP contribution in [0.5, 0.6) is 0 Å². The Labute approximate surface area is 181 Å². The molecule has 3 aromatic carbocycles. The number of hydrogen-bond donors (Lipinski definition) is 1. The van der Waals surface area contributed by atoms with Crippen molar-refractivity contribution in [1.29, 1.82) is 10.5 Å². The first-order valence-electron chi connectivity index (χ1n) is 9.93. The number of aryl methyl sites for hydroxylation is 2. The summed E-state index contributed by atoms with van der Waals surface area (Å²) in [5, 5.41) is 23.3. The summed E-state index contributed by atoms with van der Waals surface area (Å²) in [5.41, 5.74) is 7.17. The number of nitrogens with zero attached hydrogens (tertiary/aromatic N) is 3. The lowest BCUT2D eigenvalue weighted by Crippen LogP contribution is -1.95. The molecule has 0 aliphatic carbocycles.